The van der Waals surface area contributed by atoms with Crippen LogP contribution in [0.5, 0.6) is 5.75 Å². The van der Waals surface area contributed by atoms with Crippen molar-refractivity contribution in [2.45, 2.75) is 44.0 Å². The summed E-state index contributed by atoms with van der Waals surface area (Å²) in [6.07, 6.45) is 2.21. The van der Waals surface area contributed by atoms with Gasteiger partial charge in [-0.1, -0.05) is 0 Å². The highest BCUT2D eigenvalue weighted by Crippen LogP contribution is 2.32. The molecule has 7 nitrogen and oxygen atoms in total. The largest absolute Gasteiger partial charge is 0.497 e. The van der Waals surface area contributed by atoms with Crippen LogP contribution in [0.1, 0.15) is 29.1 Å². The van der Waals surface area contributed by atoms with Gasteiger partial charge in [0.15, 0.2) is 0 Å². The normalized spacial score (nSPS) is 17.4. The summed E-state index contributed by atoms with van der Waals surface area (Å²) in [5.74, 6) is 0.798. The van der Waals surface area contributed by atoms with Crippen LogP contribution >= 0.6 is 0 Å². The average molecular weight is 374 g/mol. The summed E-state index contributed by atoms with van der Waals surface area (Å²) < 4.78 is 33.8. The van der Waals surface area contributed by atoms with Gasteiger partial charge in [0, 0.05) is 22.6 Å². The molecule has 138 valence electrons. The number of benzene rings is 1. The molecule has 0 amide bonds. The van der Waals surface area contributed by atoms with Gasteiger partial charge < -0.3 is 9.72 Å². The number of nitrogens with one attached hydrogen (secondary N) is 3. The van der Waals surface area contributed by atoms with E-state index in [0.717, 1.165) is 29.5 Å². The molecular weight excluding hydrogens is 352 g/mol. The fourth-order valence-electron chi connectivity index (χ4n) is 3.84. The minimum Gasteiger partial charge on any atom is -0.497 e. The maximum absolute atomic E-state index is 12.8. The molecule has 1 atom stereocenters. The SMILES string of the molecule is COc1ccc2[nH]c3c(c2c1)CC(NS(=O)(=O)c1c(C)n[nH]c1C)CC3. The lowest BCUT2D eigenvalue weighted by molar-refractivity contribution is 0.415. The van der Waals surface area contributed by atoms with Gasteiger partial charge in [-0.3, -0.25) is 5.10 Å². The first-order chi connectivity index (χ1) is 12.4. The predicted octanol–water partition coefficient (Wildman–Crippen LogP) is 2.35. The number of sulfonamides is 1. The van der Waals surface area contributed by atoms with Gasteiger partial charge in [0.2, 0.25) is 10.0 Å². The van der Waals surface area contributed by atoms with Crippen LogP contribution in [0.4, 0.5) is 0 Å². The minimum absolute atomic E-state index is 0.147. The molecule has 0 radical (unpaired) electrons. The van der Waals surface area contributed by atoms with Crippen molar-refractivity contribution in [3.05, 3.63) is 40.8 Å². The molecule has 0 bridgehead atoms. The van der Waals surface area contributed by atoms with Crippen molar-refractivity contribution in [3.63, 3.8) is 0 Å². The fraction of sp³-hybridized carbons (Fsp3) is 0.389. The summed E-state index contributed by atoms with van der Waals surface area (Å²) in [4.78, 5) is 3.70. The van der Waals surface area contributed by atoms with E-state index < -0.39 is 10.0 Å². The summed E-state index contributed by atoms with van der Waals surface area (Å²) in [6, 6.07) is 5.79. The molecule has 4 rings (SSSR count). The first-order valence-corrected chi connectivity index (χ1v) is 10.1. The third-order valence-corrected chi connectivity index (χ3v) is 6.83. The second-order valence-electron chi connectivity index (χ2n) is 6.82. The van der Waals surface area contributed by atoms with Crippen molar-refractivity contribution >= 4 is 20.9 Å². The van der Waals surface area contributed by atoms with E-state index in [2.05, 4.69) is 19.9 Å². The van der Waals surface area contributed by atoms with E-state index in [1.54, 1.807) is 21.0 Å². The average Bonchev–Trinajstić information content (AvgIpc) is 3.13. The molecule has 1 aliphatic carbocycles. The zero-order valence-corrected chi connectivity index (χ0v) is 15.8. The molecule has 0 saturated heterocycles. The summed E-state index contributed by atoms with van der Waals surface area (Å²) >= 11 is 0. The molecule has 0 spiro atoms. The number of methoxy groups -OCH3 is 1. The predicted molar refractivity (Wildman–Crippen MR) is 99.0 cm³/mol. The summed E-state index contributed by atoms with van der Waals surface area (Å²) in [7, 11) is -1.96. The minimum atomic E-state index is -3.61. The van der Waals surface area contributed by atoms with Gasteiger partial charge in [0.25, 0.3) is 0 Å². The zero-order chi connectivity index (χ0) is 18.5. The van der Waals surface area contributed by atoms with E-state index in [4.69, 9.17) is 4.74 Å². The van der Waals surface area contributed by atoms with Crippen LogP contribution in [-0.4, -0.2) is 36.8 Å². The Morgan fingerprint density at radius 3 is 2.81 bits per heavy atom. The lowest BCUT2D eigenvalue weighted by atomic mass is 9.92. The first-order valence-electron chi connectivity index (χ1n) is 8.60. The Labute approximate surface area is 152 Å². The molecule has 8 heteroatoms. The van der Waals surface area contributed by atoms with E-state index in [1.165, 1.54) is 11.3 Å². The van der Waals surface area contributed by atoms with E-state index in [-0.39, 0.29) is 10.9 Å². The van der Waals surface area contributed by atoms with Crippen LogP contribution in [0.2, 0.25) is 0 Å². The van der Waals surface area contributed by atoms with Crippen LogP contribution in [0.3, 0.4) is 0 Å². The molecule has 1 unspecified atom stereocenters. The highest BCUT2D eigenvalue weighted by molar-refractivity contribution is 7.89. The third kappa shape index (κ3) is 2.79. The highest BCUT2D eigenvalue weighted by Gasteiger charge is 2.29. The van der Waals surface area contributed by atoms with Crippen LogP contribution in [0.15, 0.2) is 23.1 Å². The number of hydrogen-bond donors (Lipinski definition) is 3. The number of hydrogen-bond acceptors (Lipinski definition) is 4. The number of nitrogens with zero attached hydrogens (tertiary/aromatic N) is 1. The molecule has 2 aromatic heterocycles. The lowest BCUT2D eigenvalue weighted by Crippen LogP contribution is -2.39. The molecule has 26 heavy (non-hydrogen) atoms. The van der Waals surface area contributed by atoms with Crippen LogP contribution in [0.25, 0.3) is 10.9 Å². The Bertz CT molecular complexity index is 1060. The van der Waals surface area contributed by atoms with Gasteiger partial charge in [-0.15, -0.1) is 0 Å². The van der Waals surface area contributed by atoms with Crippen molar-refractivity contribution in [2.24, 2.45) is 0 Å². The smallest absolute Gasteiger partial charge is 0.244 e. The van der Waals surface area contributed by atoms with Gasteiger partial charge in [0.05, 0.1) is 18.5 Å². The Morgan fingerprint density at radius 2 is 2.12 bits per heavy atom. The molecular formula is C18H22N4O3S. The Hall–Kier alpha value is -2.32. The Kier molecular flexibility index (Phi) is 4.04. The van der Waals surface area contributed by atoms with Crippen molar-refractivity contribution in [2.75, 3.05) is 7.11 Å². The maximum atomic E-state index is 12.8. The number of fused-ring (bicyclic) bond motifs is 3. The Balaban J connectivity index is 1.64. The van der Waals surface area contributed by atoms with Gasteiger partial charge in [-0.05, 0) is 56.9 Å². The third-order valence-electron chi connectivity index (χ3n) is 5.05. The first kappa shape index (κ1) is 17.1. The quantitative estimate of drug-likeness (QED) is 0.653. The molecule has 2 heterocycles. The monoisotopic (exact) mass is 374 g/mol. The number of rotatable bonds is 4. The standard InChI is InChI=1S/C18H22N4O3S/c1-10-18(11(2)21-20-10)26(23,24)22-12-4-6-16-14(8-12)15-9-13(25-3)5-7-17(15)19-16/h5,7,9,12,19,22H,4,6,8H2,1-3H3,(H,20,21). The second kappa shape index (κ2) is 6.14. The number of aromatic nitrogens is 3. The van der Waals surface area contributed by atoms with Gasteiger partial charge in [-0.25, -0.2) is 13.1 Å². The number of aryl methyl sites for hydroxylation is 3. The van der Waals surface area contributed by atoms with E-state index in [0.29, 0.717) is 17.8 Å². The maximum Gasteiger partial charge on any atom is 0.244 e. The van der Waals surface area contributed by atoms with Crippen molar-refractivity contribution in [3.8, 4) is 5.75 Å². The van der Waals surface area contributed by atoms with Crippen molar-refractivity contribution < 1.29 is 13.2 Å². The fourth-order valence-corrected chi connectivity index (χ4v) is 5.48. The molecule has 3 aromatic rings. The summed E-state index contributed by atoms with van der Waals surface area (Å²) in [5.41, 5.74) is 4.45. The van der Waals surface area contributed by atoms with Crippen LogP contribution < -0.4 is 9.46 Å². The summed E-state index contributed by atoms with van der Waals surface area (Å²) in [6.45, 7) is 3.42. The topological polar surface area (TPSA) is 99.9 Å². The number of H-pyrrole nitrogens is 2. The lowest BCUT2D eigenvalue weighted by Gasteiger charge is -2.23. The second-order valence-corrected chi connectivity index (χ2v) is 8.47. The molecule has 3 N–H and O–H groups in total. The van der Waals surface area contributed by atoms with E-state index >= 15 is 0 Å². The van der Waals surface area contributed by atoms with Crippen LogP contribution in [0, 0.1) is 13.8 Å². The number of ether oxygens (including phenoxy) is 1. The molecule has 0 aliphatic heterocycles. The van der Waals surface area contributed by atoms with Gasteiger partial charge in [0.1, 0.15) is 10.6 Å². The van der Waals surface area contributed by atoms with E-state index in [9.17, 15) is 8.42 Å². The van der Waals surface area contributed by atoms with Crippen molar-refractivity contribution in [1.82, 2.24) is 19.9 Å². The van der Waals surface area contributed by atoms with Crippen LogP contribution in [-0.2, 0) is 22.9 Å². The number of aromatic amines is 2. The Morgan fingerprint density at radius 1 is 1.31 bits per heavy atom. The van der Waals surface area contributed by atoms with Crippen molar-refractivity contribution in [1.29, 1.82) is 0 Å². The molecule has 0 fully saturated rings. The highest BCUT2D eigenvalue weighted by atomic mass is 32.2. The molecule has 0 saturated carbocycles. The van der Waals surface area contributed by atoms with Gasteiger partial charge >= 0.3 is 0 Å². The van der Waals surface area contributed by atoms with Gasteiger partial charge in [-0.2, -0.15) is 5.10 Å². The van der Waals surface area contributed by atoms with E-state index in [1.807, 2.05) is 18.2 Å². The molecule has 1 aromatic carbocycles. The zero-order valence-electron chi connectivity index (χ0n) is 15.0. The summed E-state index contributed by atoms with van der Waals surface area (Å²) in [5, 5.41) is 7.84. The molecule has 1 aliphatic rings.